The Morgan fingerprint density at radius 1 is 1.18 bits per heavy atom. The molecule has 0 bridgehead atoms. The van der Waals surface area contributed by atoms with Gasteiger partial charge in [-0.25, -0.2) is 4.39 Å². The molecule has 0 atom stereocenters. The number of aromatic nitrogens is 4. The van der Waals surface area contributed by atoms with Gasteiger partial charge in [0, 0.05) is 17.5 Å². The molecule has 0 spiro atoms. The summed E-state index contributed by atoms with van der Waals surface area (Å²) in [4.78, 5) is 21.3. The standard InChI is InChI=1S/C22H24FN5O4S/c1-11-8-15(18-17(31-3)10-25-12(2)19(18)23)16(9-24-11)20(30)26-21-27-28-22(33-21)32-14-6-4-13(29)5-7-14/h8-10,13-14,29H,4-7H2,1-3H3,(H,26,27,30)/t13-,14-. The summed E-state index contributed by atoms with van der Waals surface area (Å²) in [5, 5.41) is 20.9. The summed E-state index contributed by atoms with van der Waals surface area (Å²) in [6.45, 7) is 3.30. The molecule has 1 fully saturated rings. The van der Waals surface area contributed by atoms with Crippen LogP contribution in [0.15, 0.2) is 18.5 Å². The minimum absolute atomic E-state index is 0.0387. The minimum Gasteiger partial charge on any atom is -0.494 e. The zero-order valence-corrected chi connectivity index (χ0v) is 19.3. The summed E-state index contributed by atoms with van der Waals surface area (Å²) in [6.07, 6.45) is 5.33. The van der Waals surface area contributed by atoms with Gasteiger partial charge in [-0.05, 0) is 56.9 Å². The van der Waals surface area contributed by atoms with E-state index in [0.717, 1.165) is 24.2 Å². The Labute approximate surface area is 194 Å². The van der Waals surface area contributed by atoms with Crippen LogP contribution in [0.1, 0.15) is 47.4 Å². The molecular weight excluding hydrogens is 449 g/mol. The fraction of sp³-hybridized carbons (Fsp3) is 0.409. The average molecular weight is 474 g/mol. The number of carbonyl (C=O) groups is 1. The summed E-state index contributed by atoms with van der Waals surface area (Å²) < 4.78 is 26.2. The molecular formula is C22H24FN5O4S. The van der Waals surface area contributed by atoms with Crippen molar-refractivity contribution in [3.05, 3.63) is 41.2 Å². The highest BCUT2D eigenvalue weighted by atomic mass is 32.1. The van der Waals surface area contributed by atoms with E-state index in [1.165, 1.54) is 19.5 Å². The number of rotatable bonds is 6. The minimum atomic E-state index is -0.571. The van der Waals surface area contributed by atoms with Gasteiger partial charge in [-0.1, -0.05) is 5.10 Å². The van der Waals surface area contributed by atoms with E-state index < -0.39 is 11.7 Å². The van der Waals surface area contributed by atoms with E-state index in [1.54, 1.807) is 19.9 Å². The summed E-state index contributed by atoms with van der Waals surface area (Å²) in [6, 6.07) is 1.63. The van der Waals surface area contributed by atoms with Crippen LogP contribution in [0.4, 0.5) is 9.52 Å². The molecule has 0 unspecified atom stereocenters. The van der Waals surface area contributed by atoms with Crippen LogP contribution in [0.5, 0.6) is 10.9 Å². The number of pyridine rings is 2. The molecule has 1 saturated carbocycles. The Hall–Kier alpha value is -3.18. The molecule has 2 N–H and O–H groups in total. The van der Waals surface area contributed by atoms with Crippen molar-refractivity contribution in [3.8, 4) is 22.1 Å². The molecule has 1 amide bonds. The van der Waals surface area contributed by atoms with Gasteiger partial charge < -0.3 is 14.6 Å². The number of nitrogens with zero attached hydrogens (tertiary/aromatic N) is 4. The fourth-order valence-corrected chi connectivity index (χ4v) is 4.35. The predicted octanol–water partition coefficient (Wildman–Crippen LogP) is 3.69. The van der Waals surface area contributed by atoms with Gasteiger partial charge in [0.1, 0.15) is 11.9 Å². The Kier molecular flexibility index (Phi) is 6.80. The molecule has 9 nitrogen and oxygen atoms in total. The van der Waals surface area contributed by atoms with Crippen LogP contribution in [0, 0.1) is 19.7 Å². The average Bonchev–Trinajstić information content (AvgIpc) is 3.23. The van der Waals surface area contributed by atoms with Crippen molar-refractivity contribution >= 4 is 22.4 Å². The molecule has 33 heavy (non-hydrogen) atoms. The lowest BCUT2D eigenvalue weighted by molar-refractivity contribution is 0.0661. The first-order chi connectivity index (χ1) is 15.9. The molecule has 3 heterocycles. The number of aryl methyl sites for hydroxylation is 2. The molecule has 0 saturated heterocycles. The number of anilines is 1. The van der Waals surface area contributed by atoms with Crippen LogP contribution in [-0.4, -0.2) is 50.5 Å². The van der Waals surface area contributed by atoms with Gasteiger partial charge in [0.05, 0.1) is 36.2 Å². The second-order valence-electron chi connectivity index (χ2n) is 7.85. The van der Waals surface area contributed by atoms with Gasteiger partial charge in [-0.3, -0.25) is 20.1 Å². The molecule has 3 aromatic heterocycles. The number of aliphatic hydroxyl groups is 1. The van der Waals surface area contributed by atoms with Crippen molar-refractivity contribution in [1.29, 1.82) is 0 Å². The predicted molar refractivity (Wildman–Crippen MR) is 120 cm³/mol. The first-order valence-electron chi connectivity index (χ1n) is 10.5. The van der Waals surface area contributed by atoms with E-state index in [4.69, 9.17) is 9.47 Å². The summed E-state index contributed by atoms with van der Waals surface area (Å²) in [7, 11) is 1.42. The number of aliphatic hydroxyl groups excluding tert-OH is 1. The zero-order chi connectivity index (χ0) is 23.5. The van der Waals surface area contributed by atoms with Crippen LogP contribution in [-0.2, 0) is 0 Å². The van der Waals surface area contributed by atoms with E-state index in [0.29, 0.717) is 29.3 Å². The number of methoxy groups -OCH3 is 1. The van der Waals surface area contributed by atoms with Crippen molar-refractivity contribution in [3.63, 3.8) is 0 Å². The largest absolute Gasteiger partial charge is 0.494 e. The van der Waals surface area contributed by atoms with E-state index >= 15 is 4.39 Å². The van der Waals surface area contributed by atoms with Gasteiger partial charge in [0.15, 0.2) is 5.82 Å². The van der Waals surface area contributed by atoms with Crippen molar-refractivity contribution in [1.82, 2.24) is 20.2 Å². The number of carbonyl (C=O) groups excluding carboxylic acids is 1. The van der Waals surface area contributed by atoms with Crippen LogP contribution < -0.4 is 14.8 Å². The smallest absolute Gasteiger partial charge is 0.296 e. The molecule has 4 rings (SSSR count). The maximum atomic E-state index is 15.0. The highest BCUT2D eigenvalue weighted by molar-refractivity contribution is 7.17. The number of halogens is 1. The molecule has 174 valence electrons. The molecule has 0 aromatic carbocycles. The van der Waals surface area contributed by atoms with Gasteiger partial charge >= 0.3 is 0 Å². The maximum absolute atomic E-state index is 15.0. The van der Waals surface area contributed by atoms with Crippen LogP contribution >= 0.6 is 11.3 Å². The van der Waals surface area contributed by atoms with E-state index in [1.807, 2.05) is 0 Å². The molecule has 1 aliphatic rings. The maximum Gasteiger partial charge on any atom is 0.296 e. The fourth-order valence-electron chi connectivity index (χ4n) is 3.70. The lowest BCUT2D eigenvalue weighted by Gasteiger charge is -2.24. The molecule has 11 heteroatoms. The highest BCUT2D eigenvalue weighted by Crippen LogP contribution is 2.36. The van der Waals surface area contributed by atoms with Gasteiger partial charge in [0.2, 0.25) is 5.13 Å². The van der Waals surface area contributed by atoms with Crippen molar-refractivity contribution in [2.75, 3.05) is 12.4 Å². The first kappa shape index (κ1) is 23.0. The normalized spacial score (nSPS) is 18.1. The second kappa shape index (κ2) is 9.75. The monoisotopic (exact) mass is 473 g/mol. The second-order valence-corrected chi connectivity index (χ2v) is 8.79. The third-order valence-electron chi connectivity index (χ3n) is 5.47. The molecule has 1 aliphatic carbocycles. The van der Waals surface area contributed by atoms with E-state index in [-0.39, 0.29) is 39.9 Å². The van der Waals surface area contributed by atoms with E-state index in [9.17, 15) is 9.90 Å². The number of nitrogens with one attached hydrogen (secondary N) is 1. The Bertz CT molecular complexity index is 1160. The number of hydrogen-bond acceptors (Lipinski definition) is 9. The number of hydrogen-bond donors (Lipinski definition) is 2. The summed E-state index contributed by atoms with van der Waals surface area (Å²) in [5.74, 6) is -0.878. The van der Waals surface area contributed by atoms with Gasteiger partial charge in [-0.2, -0.15) is 0 Å². The van der Waals surface area contributed by atoms with Crippen molar-refractivity contribution in [2.24, 2.45) is 0 Å². The summed E-state index contributed by atoms with van der Waals surface area (Å²) in [5.41, 5.74) is 1.43. The summed E-state index contributed by atoms with van der Waals surface area (Å²) >= 11 is 1.10. The number of ether oxygens (including phenoxy) is 2. The Balaban J connectivity index is 1.57. The third kappa shape index (κ3) is 5.09. The van der Waals surface area contributed by atoms with Crippen LogP contribution in [0.3, 0.4) is 0 Å². The quantitative estimate of drug-likeness (QED) is 0.556. The van der Waals surface area contributed by atoms with Gasteiger partial charge in [-0.15, -0.1) is 5.10 Å². The van der Waals surface area contributed by atoms with Crippen molar-refractivity contribution < 1.29 is 23.8 Å². The van der Waals surface area contributed by atoms with Gasteiger partial charge in [0.25, 0.3) is 11.1 Å². The van der Waals surface area contributed by atoms with Crippen LogP contribution in [0.2, 0.25) is 0 Å². The lowest BCUT2D eigenvalue weighted by atomic mass is 9.95. The highest BCUT2D eigenvalue weighted by Gasteiger charge is 2.24. The first-order valence-corrected chi connectivity index (χ1v) is 11.3. The SMILES string of the molecule is COc1cnc(C)c(F)c1-c1cc(C)ncc1C(=O)Nc1nnc(O[C@H]2CC[C@H](O)CC2)s1. The zero-order valence-electron chi connectivity index (χ0n) is 18.5. The van der Waals surface area contributed by atoms with Crippen molar-refractivity contribution in [2.45, 2.75) is 51.7 Å². The lowest BCUT2D eigenvalue weighted by Crippen LogP contribution is -2.26. The molecule has 0 radical (unpaired) electrons. The number of amides is 1. The molecule has 3 aromatic rings. The molecule has 0 aliphatic heterocycles. The topological polar surface area (TPSA) is 119 Å². The van der Waals surface area contributed by atoms with E-state index in [2.05, 4.69) is 25.5 Å². The third-order valence-corrected chi connectivity index (χ3v) is 6.20. The van der Waals surface area contributed by atoms with Crippen LogP contribution in [0.25, 0.3) is 11.1 Å². The Morgan fingerprint density at radius 3 is 2.67 bits per heavy atom. The Morgan fingerprint density at radius 2 is 1.94 bits per heavy atom.